The predicted molar refractivity (Wildman–Crippen MR) is 27.1 cm³/mol. The third-order valence-corrected chi connectivity index (χ3v) is 0.584. The molecule has 0 saturated carbocycles. The standard InChI is InChI=1S/C3H6N2O4/c1-2(5(7)8)9-3(4)6/h2H,1H3,(H2,4,6). The van der Waals surface area contributed by atoms with E-state index in [0.717, 1.165) is 6.92 Å². The van der Waals surface area contributed by atoms with Gasteiger partial charge in [0, 0.05) is 6.92 Å². The molecule has 9 heavy (non-hydrogen) atoms. The number of nitrogens with zero attached hydrogens (tertiary/aromatic N) is 1. The molecule has 0 saturated heterocycles. The molecule has 0 aromatic carbocycles. The fraction of sp³-hybridized carbons (Fsp3) is 0.667. The summed E-state index contributed by atoms with van der Waals surface area (Å²) < 4.78 is 3.95. The van der Waals surface area contributed by atoms with Crippen molar-refractivity contribution in [1.82, 2.24) is 0 Å². The van der Waals surface area contributed by atoms with Crippen LogP contribution in [0.4, 0.5) is 4.79 Å². The van der Waals surface area contributed by atoms with E-state index in [4.69, 9.17) is 0 Å². The summed E-state index contributed by atoms with van der Waals surface area (Å²) in [7, 11) is 0. The van der Waals surface area contributed by atoms with Crippen LogP contribution < -0.4 is 5.73 Å². The summed E-state index contributed by atoms with van der Waals surface area (Å²) in [5.41, 5.74) is 4.47. The molecule has 0 aromatic rings. The number of rotatable bonds is 2. The van der Waals surface area contributed by atoms with Crippen molar-refractivity contribution in [3.8, 4) is 0 Å². The summed E-state index contributed by atoms with van der Waals surface area (Å²) in [5, 5.41) is 9.71. The van der Waals surface area contributed by atoms with Crippen molar-refractivity contribution < 1.29 is 14.5 Å². The first-order chi connectivity index (χ1) is 4.04. The first-order valence-corrected chi connectivity index (χ1v) is 2.13. The lowest BCUT2D eigenvalue weighted by Crippen LogP contribution is -2.26. The third-order valence-electron chi connectivity index (χ3n) is 0.584. The van der Waals surface area contributed by atoms with Crippen molar-refractivity contribution in [3.05, 3.63) is 10.1 Å². The second kappa shape index (κ2) is 2.85. The number of carbonyl (C=O) groups is 1. The van der Waals surface area contributed by atoms with Gasteiger partial charge >= 0.3 is 12.3 Å². The van der Waals surface area contributed by atoms with Crippen LogP contribution in [-0.2, 0) is 4.74 Å². The Kier molecular flexibility index (Phi) is 2.43. The van der Waals surface area contributed by atoms with Crippen molar-refractivity contribution in [3.63, 3.8) is 0 Å². The van der Waals surface area contributed by atoms with E-state index in [9.17, 15) is 14.9 Å². The second-order valence-corrected chi connectivity index (χ2v) is 1.32. The van der Waals surface area contributed by atoms with Crippen LogP contribution in [-0.4, -0.2) is 17.2 Å². The third kappa shape index (κ3) is 3.27. The normalized spacial score (nSPS) is 12.1. The van der Waals surface area contributed by atoms with E-state index in [1.165, 1.54) is 0 Å². The van der Waals surface area contributed by atoms with Crippen LogP contribution in [0.1, 0.15) is 6.92 Å². The molecule has 6 heteroatoms. The number of nitrogens with two attached hydrogens (primary N) is 1. The number of hydrogen-bond donors (Lipinski definition) is 1. The number of carbonyl (C=O) groups excluding carboxylic acids is 1. The van der Waals surface area contributed by atoms with Crippen LogP contribution in [0.2, 0.25) is 0 Å². The van der Waals surface area contributed by atoms with Crippen molar-refractivity contribution in [1.29, 1.82) is 0 Å². The maximum atomic E-state index is 9.81. The van der Waals surface area contributed by atoms with Gasteiger partial charge in [0.05, 0.1) is 4.92 Å². The van der Waals surface area contributed by atoms with Gasteiger partial charge in [0.15, 0.2) is 0 Å². The van der Waals surface area contributed by atoms with Crippen molar-refractivity contribution in [2.75, 3.05) is 0 Å². The van der Waals surface area contributed by atoms with Crippen molar-refractivity contribution in [2.24, 2.45) is 5.73 Å². The highest BCUT2D eigenvalue weighted by Crippen LogP contribution is 1.88. The Hall–Kier alpha value is -1.33. The van der Waals surface area contributed by atoms with E-state index in [2.05, 4.69) is 10.5 Å². The molecule has 0 fully saturated rings. The number of amides is 1. The predicted octanol–water partition coefficient (Wildman–Crippen LogP) is -0.296. The Balaban J connectivity index is 3.63. The molecule has 2 N–H and O–H groups in total. The zero-order valence-corrected chi connectivity index (χ0v) is 4.73. The van der Waals surface area contributed by atoms with E-state index in [1.54, 1.807) is 0 Å². The van der Waals surface area contributed by atoms with Crippen LogP contribution in [0.15, 0.2) is 0 Å². The Morgan fingerprint density at radius 2 is 2.33 bits per heavy atom. The summed E-state index contributed by atoms with van der Waals surface area (Å²) in [6, 6.07) is 0. The zero-order chi connectivity index (χ0) is 7.44. The smallest absolute Gasteiger partial charge is 0.382 e. The molecule has 0 rings (SSSR count). The van der Waals surface area contributed by atoms with Crippen LogP contribution in [0.5, 0.6) is 0 Å². The SMILES string of the molecule is CC(OC(N)=O)[N+](=O)[O-]. The van der Waals surface area contributed by atoms with Gasteiger partial charge in [-0.2, -0.15) is 0 Å². The van der Waals surface area contributed by atoms with Gasteiger partial charge in [-0.15, -0.1) is 0 Å². The fourth-order valence-corrected chi connectivity index (χ4v) is 0.211. The average Bonchev–Trinajstić information content (AvgIpc) is 1.63. The average molecular weight is 134 g/mol. The minimum Gasteiger partial charge on any atom is -0.382 e. The first-order valence-electron chi connectivity index (χ1n) is 2.13. The van der Waals surface area contributed by atoms with Gasteiger partial charge in [-0.3, -0.25) is 10.1 Å². The van der Waals surface area contributed by atoms with E-state index >= 15 is 0 Å². The summed E-state index contributed by atoms with van der Waals surface area (Å²) in [6.45, 7) is 1.12. The van der Waals surface area contributed by atoms with Crippen LogP contribution >= 0.6 is 0 Å². The Morgan fingerprint density at radius 1 is 1.89 bits per heavy atom. The second-order valence-electron chi connectivity index (χ2n) is 1.32. The molecule has 0 aliphatic heterocycles. The molecule has 0 radical (unpaired) electrons. The lowest BCUT2D eigenvalue weighted by Gasteiger charge is -2.00. The van der Waals surface area contributed by atoms with Gasteiger partial charge in [0.25, 0.3) is 0 Å². The van der Waals surface area contributed by atoms with Gasteiger partial charge in [-0.05, 0) is 0 Å². The molecular weight excluding hydrogens is 128 g/mol. The molecule has 0 aromatic heterocycles. The molecule has 6 nitrogen and oxygen atoms in total. The quantitative estimate of drug-likeness (QED) is 0.318. The lowest BCUT2D eigenvalue weighted by molar-refractivity contribution is -0.561. The summed E-state index contributed by atoms with van der Waals surface area (Å²) >= 11 is 0. The van der Waals surface area contributed by atoms with E-state index in [1.807, 2.05) is 0 Å². The molecule has 0 aliphatic carbocycles. The highest BCUT2D eigenvalue weighted by atomic mass is 16.7. The largest absolute Gasteiger partial charge is 0.409 e. The minimum absolute atomic E-state index is 0.759. The lowest BCUT2D eigenvalue weighted by atomic mass is 10.7. The fourth-order valence-electron chi connectivity index (χ4n) is 0.211. The molecule has 1 amide bonds. The monoisotopic (exact) mass is 134 g/mol. The highest BCUT2D eigenvalue weighted by Gasteiger charge is 2.14. The molecule has 0 spiro atoms. The minimum atomic E-state index is -1.36. The topological polar surface area (TPSA) is 95.5 Å². The molecule has 1 atom stereocenters. The van der Waals surface area contributed by atoms with Crippen molar-refractivity contribution in [2.45, 2.75) is 13.2 Å². The van der Waals surface area contributed by atoms with Gasteiger partial charge in [-0.1, -0.05) is 0 Å². The zero-order valence-electron chi connectivity index (χ0n) is 4.73. The number of hydrogen-bond acceptors (Lipinski definition) is 4. The molecule has 0 heterocycles. The summed E-state index contributed by atoms with van der Waals surface area (Å²) in [5.74, 6) is 0. The van der Waals surface area contributed by atoms with Gasteiger partial charge in [0.1, 0.15) is 0 Å². The Labute approximate surface area is 50.7 Å². The number of nitro groups is 1. The van der Waals surface area contributed by atoms with E-state index < -0.39 is 17.2 Å². The van der Waals surface area contributed by atoms with E-state index in [-0.39, 0.29) is 0 Å². The highest BCUT2D eigenvalue weighted by molar-refractivity contribution is 5.64. The Morgan fingerprint density at radius 3 is 2.44 bits per heavy atom. The molecule has 1 unspecified atom stereocenters. The van der Waals surface area contributed by atoms with Gasteiger partial charge in [0.2, 0.25) is 0 Å². The van der Waals surface area contributed by atoms with Crippen LogP contribution in [0, 0.1) is 10.1 Å². The molecule has 0 aliphatic rings. The van der Waals surface area contributed by atoms with Crippen LogP contribution in [0.25, 0.3) is 0 Å². The number of primary amides is 1. The van der Waals surface area contributed by atoms with E-state index in [0.29, 0.717) is 0 Å². The molecule has 0 bridgehead atoms. The first kappa shape index (κ1) is 7.67. The van der Waals surface area contributed by atoms with Crippen LogP contribution in [0.3, 0.4) is 0 Å². The van der Waals surface area contributed by atoms with Gasteiger partial charge < -0.3 is 10.5 Å². The molecular formula is C3H6N2O4. The maximum Gasteiger partial charge on any atom is 0.409 e. The maximum absolute atomic E-state index is 9.81. The Bertz CT molecular complexity index is 134. The number of ether oxygens (including phenoxy) is 1. The summed E-state index contributed by atoms with van der Waals surface area (Å²) in [6.07, 6.45) is -2.50. The molecule has 52 valence electrons. The van der Waals surface area contributed by atoms with Gasteiger partial charge in [-0.25, -0.2) is 4.79 Å². The summed E-state index contributed by atoms with van der Waals surface area (Å²) in [4.78, 5) is 18.8. The van der Waals surface area contributed by atoms with Crippen molar-refractivity contribution >= 4 is 6.09 Å².